The molecule has 2 atom stereocenters. The number of fused-ring (bicyclic) bond motifs is 2. The standard InChI is InChI=1S/C20H26N4O3S/c1-21-18-10-16(26-7-6-25-2)9-17(20-22-5-8-28-20)19(18)27-13-24-11-14-3-4-15(12-24)23-14/h5,8-10,14-15,23H,1,3-4,6-7,11-13H2,2H3. The van der Waals surface area contributed by atoms with Crippen molar-refractivity contribution < 1.29 is 14.2 Å². The van der Waals surface area contributed by atoms with Crippen LogP contribution < -0.4 is 14.8 Å². The molecule has 2 bridgehead atoms. The Morgan fingerprint density at radius 2 is 2.07 bits per heavy atom. The lowest BCUT2D eigenvalue weighted by atomic mass is 10.1. The Labute approximate surface area is 169 Å². The number of hydrogen-bond donors (Lipinski definition) is 1. The van der Waals surface area contributed by atoms with Crippen molar-refractivity contribution in [3.63, 3.8) is 0 Å². The van der Waals surface area contributed by atoms with Gasteiger partial charge >= 0.3 is 0 Å². The van der Waals surface area contributed by atoms with Crippen LogP contribution in [0.3, 0.4) is 0 Å². The largest absolute Gasteiger partial charge is 0.491 e. The molecule has 2 aliphatic rings. The minimum absolute atomic E-state index is 0.466. The van der Waals surface area contributed by atoms with Crippen molar-refractivity contribution in [1.29, 1.82) is 0 Å². The molecule has 1 aromatic carbocycles. The highest BCUT2D eigenvalue weighted by Gasteiger charge is 2.32. The number of ether oxygens (including phenoxy) is 3. The number of nitrogens with zero attached hydrogens (tertiary/aromatic N) is 3. The summed E-state index contributed by atoms with van der Waals surface area (Å²) >= 11 is 1.56. The van der Waals surface area contributed by atoms with Gasteiger partial charge in [0.15, 0.2) is 5.75 Å². The highest BCUT2D eigenvalue weighted by molar-refractivity contribution is 7.13. The normalized spacial score (nSPS) is 21.6. The summed E-state index contributed by atoms with van der Waals surface area (Å²) in [5.41, 5.74) is 1.55. The predicted molar refractivity (Wildman–Crippen MR) is 111 cm³/mol. The molecule has 0 aliphatic carbocycles. The van der Waals surface area contributed by atoms with Crippen LogP contribution in [0, 0.1) is 0 Å². The van der Waals surface area contributed by atoms with Crippen molar-refractivity contribution in [2.75, 3.05) is 40.1 Å². The Bertz CT molecular complexity index is 787. The zero-order valence-corrected chi connectivity index (χ0v) is 16.9. The first-order valence-electron chi connectivity index (χ1n) is 9.54. The molecule has 0 saturated carbocycles. The first kappa shape index (κ1) is 19.3. The SMILES string of the molecule is C=Nc1cc(OCCOC)cc(-c2nccs2)c1OCN1CC2CCC(C1)N2. The number of piperazine rings is 1. The van der Waals surface area contributed by atoms with Crippen LogP contribution in [0.1, 0.15) is 12.8 Å². The lowest BCUT2D eigenvalue weighted by Crippen LogP contribution is -2.51. The molecular formula is C20H26N4O3S. The van der Waals surface area contributed by atoms with Crippen molar-refractivity contribution in [2.24, 2.45) is 4.99 Å². The number of aliphatic imine (C=N–C) groups is 1. The maximum absolute atomic E-state index is 6.28. The van der Waals surface area contributed by atoms with Crippen LogP contribution in [0.2, 0.25) is 0 Å². The number of thiazole rings is 1. The monoisotopic (exact) mass is 402 g/mol. The molecule has 1 aromatic heterocycles. The van der Waals surface area contributed by atoms with Gasteiger partial charge in [-0.3, -0.25) is 9.89 Å². The van der Waals surface area contributed by atoms with Crippen molar-refractivity contribution in [2.45, 2.75) is 24.9 Å². The molecule has 28 heavy (non-hydrogen) atoms. The van der Waals surface area contributed by atoms with Gasteiger partial charge in [-0.2, -0.15) is 0 Å². The summed E-state index contributed by atoms with van der Waals surface area (Å²) in [6.45, 7) is 7.27. The molecule has 4 rings (SSSR count). The van der Waals surface area contributed by atoms with E-state index in [1.807, 2.05) is 17.5 Å². The van der Waals surface area contributed by atoms with Crippen molar-refractivity contribution >= 4 is 23.7 Å². The van der Waals surface area contributed by atoms with E-state index in [1.165, 1.54) is 12.8 Å². The Balaban J connectivity index is 1.56. The van der Waals surface area contributed by atoms with Gasteiger partial charge in [0.25, 0.3) is 0 Å². The molecule has 2 saturated heterocycles. The van der Waals surface area contributed by atoms with Crippen molar-refractivity contribution in [3.05, 3.63) is 23.7 Å². The molecular weight excluding hydrogens is 376 g/mol. The lowest BCUT2D eigenvalue weighted by Gasteiger charge is -2.32. The molecule has 1 N–H and O–H groups in total. The van der Waals surface area contributed by atoms with Crippen LogP contribution in [0.15, 0.2) is 28.7 Å². The molecule has 150 valence electrons. The zero-order valence-electron chi connectivity index (χ0n) is 16.1. The summed E-state index contributed by atoms with van der Waals surface area (Å²) in [4.78, 5) is 11.0. The minimum atomic E-state index is 0.466. The van der Waals surface area contributed by atoms with E-state index in [-0.39, 0.29) is 0 Å². The second-order valence-electron chi connectivity index (χ2n) is 7.10. The second kappa shape index (κ2) is 9.00. The zero-order chi connectivity index (χ0) is 19.3. The fourth-order valence-electron chi connectivity index (χ4n) is 3.85. The molecule has 2 unspecified atom stereocenters. The molecule has 0 radical (unpaired) electrons. The molecule has 7 nitrogen and oxygen atoms in total. The van der Waals surface area contributed by atoms with E-state index < -0.39 is 0 Å². The van der Waals surface area contributed by atoms with Crippen LogP contribution in [-0.2, 0) is 4.74 Å². The van der Waals surface area contributed by atoms with E-state index in [2.05, 4.69) is 26.9 Å². The van der Waals surface area contributed by atoms with Crippen LogP contribution >= 0.6 is 11.3 Å². The van der Waals surface area contributed by atoms with Gasteiger partial charge in [-0.25, -0.2) is 4.98 Å². The van der Waals surface area contributed by atoms with Gasteiger partial charge in [0.2, 0.25) is 0 Å². The van der Waals surface area contributed by atoms with Crippen LogP contribution in [0.4, 0.5) is 5.69 Å². The van der Waals surface area contributed by atoms with Gasteiger partial charge in [-0.15, -0.1) is 11.3 Å². The molecule has 3 heterocycles. The molecule has 0 amide bonds. The number of likely N-dealkylation sites (tertiary alicyclic amines) is 1. The average Bonchev–Trinajstić information content (AvgIpc) is 3.36. The Hall–Kier alpha value is -2.00. The van der Waals surface area contributed by atoms with Crippen LogP contribution in [-0.4, -0.2) is 68.8 Å². The maximum Gasteiger partial charge on any atom is 0.157 e. The van der Waals surface area contributed by atoms with E-state index in [9.17, 15) is 0 Å². The second-order valence-corrected chi connectivity index (χ2v) is 8.00. The summed E-state index contributed by atoms with van der Waals surface area (Å²) in [7, 11) is 1.65. The lowest BCUT2D eigenvalue weighted by molar-refractivity contribution is 0.0930. The predicted octanol–water partition coefficient (Wildman–Crippen LogP) is 2.94. The minimum Gasteiger partial charge on any atom is -0.491 e. The molecule has 0 spiro atoms. The number of nitrogens with one attached hydrogen (secondary N) is 1. The summed E-state index contributed by atoms with van der Waals surface area (Å²) < 4.78 is 17.1. The maximum atomic E-state index is 6.28. The third kappa shape index (κ3) is 4.35. The molecule has 2 fully saturated rings. The van der Waals surface area contributed by atoms with Gasteiger partial charge < -0.3 is 19.5 Å². The first-order chi connectivity index (χ1) is 13.8. The summed E-state index contributed by atoms with van der Waals surface area (Å²) in [5, 5.41) is 6.47. The number of hydrogen-bond acceptors (Lipinski definition) is 8. The highest BCUT2D eigenvalue weighted by atomic mass is 32.1. The Morgan fingerprint density at radius 3 is 2.75 bits per heavy atom. The first-order valence-corrected chi connectivity index (χ1v) is 10.4. The fourth-order valence-corrected chi connectivity index (χ4v) is 4.50. The van der Waals surface area contributed by atoms with E-state index in [0.29, 0.717) is 49.2 Å². The number of benzene rings is 1. The molecule has 8 heteroatoms. The van der Waals surface area contributed by atoms with Crippen molar-refractivity contribution in [1.82, 2.24) is 15.2 Å². The van der Waals surface area contributed by atoms with Gasteiger partial charge in [0.1, 0.15) is 29.8 Å². The number of methoxy groups -OCH3 is 1. The van der Waals surface area contributed by atoms with Gasteiger partial charge in [-0.05, 0) is 25.6 Å². The summed E-state index contributed by atoms with van der Waals surface area (Å²) in [6, 6.07) is 4.97. The van der Waals surface area contributed by atoms with Gasteiger partial charge in [0.05, 0.1) is 12.2 Å². The number of rotatable bonds is 9. The van der Waals surface area contributed by atoms with E-state index >= 15 is 0 Å². The smallest absolute Gasteiger partial charge is 0.157 e. The van der Waals surface area contributed by atoms with E-state index in [1.54, 1.807) is 24.6 Å². The van der Waals surface area contributed by atoms with E-state index in [0.717, 1.165) is 23.7 Å². The fraction of sp³-hybridized carbons (Fsp3) is 0.500. The summed E-state index contributed by atoms with van der Waals surface area (Å²) in [6.07, 6.45) is 4.29. The van der Waals surface area contributed by atoms with E-state index in [4.69, 9.17) is 14.2 Å². The summed E-state index contributed by atoms with van der Waals surface area (Å²) in [5.74, 6) is 1.41. The molecule has 2 aromatic rings. The Morgan fingerprint density at radius 1 is 1.25 bits per heavy atom. The third-order valence-corrected chi connectivity index (χ3v) is 5.92. The van der Waals surface area contributed by atoms with Crippen LogP contribution in [0.5, 0.6) is 11.5 Å². The van der Waals surface area contributed by atoms with Gasteiger partial charge in [-0.1, -0.05) is 0 Å². The van der Waals surface area contributed by atoms with Gasteiger partial charge in [0, 0.05) is 49.9 Å². The van der Waals surface area contributed by atoms with Crippen LogP contribution in [0.25, 0.3) is 10.6 Å². The average molecular weight is 403 g/mol. The quantitative estimate of drug-likeness (QED) is 0.514. The topological polar surface area (TPSA) is 68.2 Å². The van der Waals surface area contributed by atoms with Crippen molar-refractivity contribution in [3.8, 4) is 22.1 Å². The number of aromatic nitrogens is 1. The highest BCUT2D eigenvalue weighted by Crippen LogP contribution is 2.42. The Kier molecular flexibility index (Phi) is 6.21. The molecule has 2 aliphatic heterocycles. The third-order valence-electron chi connectivity index (χ3n) is 5.12.